The van der Waals surface area contributed by atoms with Crippen LogP contribution in [0.15, 0.2) is 24.3 Å². The summed E-state index contributed by atoms with van der Waals surface area (Å²) >= 11 is 0. The maximum atomic E-state index is 6.51. The number of piperazine rings is 1. The highest BCUT2D eigenvalue weighted by Gasteiger charge is 2.44. The van der Waals surface area contributed by atoms with Crippen LogP contribution < -0.4 is 10.6 Å². The van der Waals surface area contributed by atoms with E-state index in [-0.39, 0.29) is 0 Å². The van der Waals surface area contributed by atoms with Crippen LogP contribution in [-0.2, 0) is 0 Å². The summed E-state index contributed by atoms with van der Waals surface area (Å²) < 4.78 is 0. The molecule has 30 heavy (non-hydrogen) atoms. The SMILES string of the molecule is CC(C)CN1CC2CC1CN2c1nc(N)c2c(-c3cc(C4CC4)[nH]n3)cccc2n1. The van der Waals surface area contributed by atoms with E-state index in [9.17, 15) is 0 Å². The molecule has 2 saturated heterocycles. The van der Waals surface area contributed by atoms with Crippen LogP contribution in [0.3, 0.4) is 0 Å². The van der Waals surface area contributed by atoms with E-state index in [4.69, 9.17) is 15.7 Å². The lowest BCUT2D eigenvalue weighted by Gasteiger charge is -2.35. The van der Waals surface area contributed by atoms with Gasteiger partial charge in [0.1, 0.15) is 5.82 Å². The van der Waals surface area contributed by atoms with E-state index in [1.54, 1.807) is 0 Å². The van der Waals surface area contributed by atoms with Crippen LogP contribution in [0, 0.1) is 5.92 Å². The molecule has 2 aromatic heterocycles. The average Bonchev–Trinajstić information content (AvgIpc) is 3.14. The van der Waals surface area contributed by atoms with Crippen molar-refractivity contribution < 1.29 is 0 Å². The molecule has 2 bridgehead atoms. The van der Waals surface area contributed by atoms with Crippen LogP contribution in [0.1, 0.15) is 44.7 Å². The number of H-pyrrole nitrogens is 1. The summed E-state index contributed by atoms with van der Waals surface area (Å²) in [6.45, 7) is 7.85. The zero-order chi connectivity index (χ0) is 20.4. The molecule has 4 heterocycles. The molecule has 2 atom stereocenters. The lowest BCUT2D eigenvalue weighted by molar-refractivity contribution is 0.213. The first kappa shape index (κ1) is 18.1. The lowest BCUT2D eigenvalue weighted by atomic mass is 10.1. The van der Waals surface area contributed by atoms with Gasteiger partial charge in [-0.25, -0.2) is 4.98 Å². The summed E-state index contributed by atoms with van der Waals surface area (Å²) in [5.41, 5.74) is 10.6. The largest absolute Gasteiger partial charge is 0.383 e. The van der Waals surface area contributed by atoms with Gasteiger partial charge < -0.3 is 10.6 Å². The van der Waals surface area contributed by atoms with Crippen molar-refractivity contribution >= 4 is 22.7 Å². The second-order valence-corrected chi connectivity index (χ2v) is 9.63. The first-order valence-corrected chi connectivity index (χ1v) is 11.2. The third-order valence-corrected chi connectivity index (χ3v) is 6.84. The van der Waals surface area contributed by atoms with E-state index in [1.165, 1.54) is 31.5 Å². The molecule has 6 rings (SSSR count). The van der Waals surface area contributed by atoms with Crippen molar-refractivity contribution in [2.45, 2.75) is 51.1 Å². The number of anilines is 2. The number of aromatic nitrogens is 4. The highest BCUT2D eigenvalue weighted by molar-refractivity contribution is 6.01. The quantitative estimate of drug-likeness (QED) is 0.679. The molecule has 1 saturated carbocycles. The maximum absolute atomic E-state index is 6.51. The monoisotopic (exact) mass is 403 g/mol. The summed E-state index contributed by atoms with van der Waals surface area (Å²) in [6.07, 6.45) is 3.70. The molecule has 3 aromatic rings. The normalized spacial score (nSPS) is 23.9. The zero-order valence-electron chi connectivity index (χ0n) is 17.7. The molecule has 7 heteroatoms. The van der Waals surface area contributed by atoms with E-state index in [1.807, 2.05) is 12.1 Å². The molecular weight excluding hydrogens is 374 g/mol. The Morgan fingerprint density at radius 3 is 2.77 bits per heavy atom. The fourth-order valence-electron chi connectivity index (χ4n) is 5.31. The predicted octanol–water partition coefficient (Wildman–Crippen LogP) is 3.40. The minimum absolute atomic E-state index is 0.487. The van der Waals surface area contributed by atoms with Crippen molar-refractivity contribution in [2.24, 2.45) is 5.92 Å². The van der Waals surface area contributed by atoms with Crippen LogP contribution in [-0.4, -0.2) is 56.8 Å². The third kappa shape index (κ3) is 2.95. The van der Waals surface area contributed by atoms with Gasteiger partial charge in [-0.15, -0.1) is 0 Å². The molecule has 3 N–H and O–H groups in total. The van der Waals surface area contributed by atoms with Crippen molar-refractivity contribution in [1.29, 1.82) is 0 Å². The molecule has 3 aliphatic rings. The minimum atomic E-state index is 0.487. The standard InChI is InChI=1S/C23H29N7/c1-13(2)10-29-11-16-8-15(29)12-30(16)23-25-18-5-3-4-17(21(18)22(24)26-23)20-9-19(27-28-20)14-6-7-14/h3-5,9,13-16H,6-8,10-12H2,1-2H3,(H,27,28)(H2,24,25,26). The Balaban J connectivity index is 1.32. The number of nitrogens with one attached hydrogen (secondary N) is 1. The van der Waals surface area contributed by atoms with E-state index in [0.29, 0.717) is 29.7 Å². The highest BCUT2D eigenvalue weighted by Crippen LogP contribution is 2.41. The molecule has 3 fully saturated rings. The number of nitrogens with zero attached hydrogens (tertiary/aromatic N) is 5. The van der Waals surface area contributed by atoms with E-state index < -0.39 is 0 Å². The number of nitrogen functional groups attached to an aromatic ring is 1. The fourth-order valence-corrected chi connectivity index (χ4v) is 5.31. The summed E-state index contributed by atoms with van der Waals surface area (Å²) in [6, 6.07) is 9.39. The Hall–Kier alpha value is -2.67. The second kappa shape index (κ2) is 6.67. The molecule has 7 nitrogen and oxygen atoms in total. The Morgan fingerprint density at radius 2 is 2.03 bits per heavy atom. The van der Waals surface area contributed by atoms with Crippen LogP contribution in [0.25, 0.3) is 22.2 Å². The van der Waals surface area contributed by atoms with Crippen molar-refractivity contribution in [3.05, 3.63) is 30.0 Å². The van der Waals surface area contributed by atoms with Gasteiger partial charge in [0, 0.05) is 48.9 Å². The third-order valence-electron chi connectivity index (χ3n) is 6.84. The Morgan fingerprint density at radius 1 is 1.17 bits per heavy atom. The van der Waals surface area contributed by atoms with E-state index >= 15 is 0 Å². The van der Waals surface area contributed by atoms with E-state index in [0.717, 1.165) is 41.2 Å². The maximum Gasteiger partial charge on any atom is 0.228 e. The molecule has 1 aliphatic carbocycles. The van der Waals surface area contributed by atoms with Crippen LogP contribution in [0.4, 0.5) is 11.8 Å². The number of aromatic amines is 1. The molecule has 0 radical (unpaired) electrons. The van der Waals surface area contributed by atoms with Gasteiger partial charge in [-0.2, -0.15) is 10.1 Å². The van der Waals surface area contributed by atoms with Gasteiger partial charge in [0.25, 0.3) is 0 Å². The number of rotatable bonds is 5. The first-order valence-electron chi connectivity index (χ1n) is 11.2. The van der Waals surface area contributed by atoms with Gasteiger partial charge in [-0.1, -0.05) is 26.0 Å². The molecule has 0 amide bonds. The topological polar surface area (TPSA) is 87.0 Å². The van der Waals surface area contributed by atoms with Gasteiger partial charge in [-0.3, -0.25) is 10.00 Å². The Kier molecular flexibility index (Phi) is 4.03. The summed E-state index contributed by atoms with van der Waals surface area (Å²) in [5.74, 6) is 2.66. The van der Waals surface area contributed by atoms with Crippen LogP contribution in [0.5, 0.6) is 0 Å². The second-order valence-electron chi connectivity index (χ2n) is 9.63. The van der Waals surface area contributed by atoms with Crippen molar-refractivity contribution in [3.8, 4) is 11.3 Å². The van der Waals surface area contributed by atoms with Gasteiger partial charge in [0.15, 0.2) is 0 Å². The number of hydrogen-bond acceptors (Lipinski definition) is 6. The summed E-state index contributed by atoms with van der Waals surface area (Å²) in [4.78, 5) is 14.7. The van der Waals surface area contributed by atoms with E-state index in [2.05, 4.69) is 46.0 Å². The summed E-state index contributed by atoms with van der Waals surface area (Å²) in [5, 5.41) is 8.65. The number of hydrogen-bond donors (Lipinski definition) is 2. The van der Waals surface area contributed by atoms with Crippen molar-refractivity contribution in [1.82, 2.24) is 25.1 Å². The molecule has 0 spiro atoms. The van der Waals surface area contributed by atoms with Crippen molar-refractivity contribution in [2.75, 3.05) is 30.3 Å². The smallest absolute Gasteiger partial charge is 0.228 e. The average molecular weight is 404 g/mol. The molecule has 1 aromatic carbocycles. The Labute approximate surface area is 176 Å². The molecule has 2 aliphatic heterocycles. The number of likely N-dealkylation sites (tertiary alicyclic amines) is 1. The van der Waals surface area contributed by atoms with Gasteiger partial charge in [0.05, 0.1) is 16.6 Å². The van der Waals surface area contributed by atoms with Gasteiger partial charge >= 0.3 is 0 Å². The van der Waals surface area contributed by atoms with Gasteiger partial charge in [0.2, 0.25) is 5.95 Å². The van der Waals surface area contributed by atoms with Crippen molar-refractivity contribution in [3.63, 3.8) is 0 Å². The predicted molar refractivity (Wildman–Crippen MR) is 119 cm³/mol. The number of benzene rings is 1. The minimum Gasteiger partial charge on any atom is -0.383 e. The van der Waals surface area contributed by atoms with Gasteiger partial charge in [-0.05, 0) is 37.3 Å². The zero-order valence-corrected chi connectivity index (χ0v) is 17.7. The Bertz CT molecular complexity index is 1100. The summed E-state index contributed by atoms with van der Waals surface area (Å²) in [7, 11) is 0. The molecular formula is C23H29N7. The molecule has 156 valence electrons. The number of nitrogens with two attached hydrogens (primary N) is 1. The first-order chi connectivity index (χ1) is 14.6. The highest BCUT2D eigenvalue weighted by atomic mass is 15.4. The number of fused-ring (bicyclic) bond motifs is 3. The molecule has 2 unspecified atom stereocenters. The lowest BCUT2D eigenvalue weighted by Crippen LogP contribution is -2.48. The fraction of sp³-hybridized carbons (Fsp3) is 0.522. The van der Waals surface area contributed by atoms with Crippen LogP contribution >= 0.6 is 0 Å². The van der Waals surface area contributed by atoms with Crippen LogP contribution in [0.2, 0.25) is 0 Å².